The van der Waals surface area contributed by atoms with Crippen LogP contribution in [0, 0.1) is 0 Å². The molecule has 0 amide bonds. The van der Waals surface area contributed by atoms with Gasteiger partial charge in [-0.15, -0.1) is 0 Å². The molecule has 15 heavy (non-hydrogen) atoms. The summed E-state index contributed by atoms with van der Waals surface area (Å²) in [5, 5.41) is 0. The van der Waals surface area contributed by atoms with Crippen LogP contribution in [0.5, 0.6) is 0 Å². The SMILES string of the molecule is CCCc1ccc2c(c1)C(=O)CC2(C)C. The molecule has 1 heteroatoms. The second kappa shape index (κ2) is 3.48. The Bertz CT molecular complexity index is 402. The summed E-state index contributed by atoms with van der Waals surface area (Å²) in [5.74, 6) is 0.313. The largest absolute Gasteiger partial charge is 0.294 e. The lowest BCUT2D eigenvalue weighted by atomic mass is 9.86. The standard InChI is InChI=1S/C14H18O/c1-4-5-10-6-7-12-11(8-10)13(15)9-14(12,2)3/h6-8H,4-5,9H2,1-3H3. The van der Waals surface area contributed by atoms with Crippen molar-refractivity contribution in [3.63, 3.8) is 0 Å². The predicted octanol–water partition coefficient (Wildman–Crippen LogP) is 3.50. The summed E-state index contributed by atoms with van der Waals surface area (Å²) in [6.07, 6.45) is 2.87. The van der Waals surface area contributed by atoms with Gasteiger partial charge in [-0.1, -0.05) is 39.3 Å². The summed E-state index contributed by atoms with van der Waals surface area (Å²) >= 11 is 0. The van der Waals surface area contributed by atoms with E-state index in [9.17, 15) is 4.79 Å². The molecule has 0 saturated carbocycles. The van der Waals surface area contributed by atoms with Crippen molar-refractivity contribution >= 4 is 5.78 Å². The minimum atomic E-state index is 0.0389. The molecular weight excluding hydrogens is 184 g/mol. The number of rotatable bonds is 2. The maximum absolute atomic E-state index is 11.8. The molecule has 0 aromatic heterocycles. The van der Waals surface area contributed by atoms with Gasteiger partial charge in [0.2, 0.25) is 0 Å². The number of hydrogen-bond donors (Lipinski definition) is 0. The third kappa shape index (κ3) is 1.71. The van der Waals surface area contributed by atoms with Crippen LogP contribution in [0.1, 0.15) is 55.1 Å². The van der Waals surface area contributed by atoms with E-state index in [0.717, 1.165) is 18.4 Å². The van der Waals surface area contributed by atoms with Crippen LogP contribution in [-0.2, 0) is 11.8 Å². The first-order chi connectivity index (χ1) is 7.04. The molecule has 1 nitrogen and oxygen atoms in total. The van der Waals surface area contributed by atoms with E-state index < -0.39 is 0 Å². The summed E-state index contributed by atoms with van der Waals surface area (Å²) in [7, 11) is 0. The molecule has 0 aliphatic heterocycles. The number of hydrogen-bond acceptors (Lipinski definition) is 1. The van der Waals surface area contributed by atoms with Gasteiger partial charge in [0.25, 0.3) is 0 Å². The maximum atomic E-state index is 11.8. The molecule has 1 aliphatic rings. The highest BCUT2D eigenvalue weighted by atomic mass is 16.1. The molecule has 1 aromatic carbocycles. The number of Topliss-reactive ketones (excluding diaryl/α,β-unsaturated/α-hetero) is 1. The Labute approximate surface area is 91.5 Å². The Kier molecular flexibility index (Phi) is 2.41. The fourth-order valence-corrected chi connectivity index (χ4v) is 2.45. The van der Waals surface area contributed by atoms with Crippen LogP contribution in [0.25, 0.3) is 0 Å². The van der Waals surface area contributed by atoms with Gasteiger partial charge < -0.3 is 0 Å². The first-order valence-electron chi connectivity index (χ1n) is 5.71. The fourth-order valence-electron chi connectivity index (χ4n) is 2.45. The van der Waals surface area contributed by atoms with Gasteiger partial charge in [0.1, 0.15) is 0 Å². The Balaban J connectivity index is 2.46. The van der Waals surface area contributed by atoms with Crippen molar-refractivity contribution in [1.82, 2.24) is 0 Å². The number of benzene rings is 1. The van der Waals surface area contributed by atoms with Gasteiger partial charge in [-0.3, -0.25) is 4.79 Å². The van der Waals surface area contributed by atoms with Crippen LogP contribution >= 0.6 is 0 Å². The van der Waals surface area contributed by atoms with Gasteiger partial charge in [0, 0.05) is 12.0 Å². The number of carbonyl (C=O) groups is 1. The van der Waals surface area contributed by atoms with Crippen LogP contribution in [0.2, 0.25) is 0 Å². The van der Waals surface area contributed by atoms with Gasteiger partial charge in [-0.25, -0.2) is 0 Å². The normalized spacial score (nSPS) is 17.9. The number of ketones is 1. The molecule has 1 aliphatic carbocycles. The third-order valence-corrected chi connectivity index (χ3v) is 3.25. The van der Waals surface area contributed by atoms with Crippen molar-refractivity contribution in [2.24, 2.45) is 0 Å². The Hall–Kier alpha value is -1.11. The predicted molar refractivity (Wildman–Crippen MR) is 62.4 cm³/mol. The van der Waals surface area contributed by atoms with Gasteiger partial charge in [0.15, 0.2) is 5.78 Å². The van der Waals surface area contributed by atoms with Crippen LogP contribution in [0.3, 0.4) is 0 Å². The number of carbonyl (C=O) groups excluding carboxylic acids is 1. The molecule has 0 bridgehead atoms. The zero-order valence-electron chi connectivity index (χ0n) is 9.76. The van der Waals surface area contributed by atoms with Crippen molar-refractivity contribution in [2.75, 3.05) is 0 Å². The second-order valence-electron chi connectivity index (χ2n) is 5.11. The van der Waals surface area contributed by atoms with E-state index in [-0.39, 0.29) is 5.41 Å². The maximum Gasteiger partial charge on any atom is 0.164 e. The minimum Gasteiger partial charge on any atom is -0.294 e. The van der Waals surface area contributed by atoms with Crippen LogP contribution in [0.15, 0.2) is 18.2 Å². The lowest BCUT2D eigenvalue weighted by Gasteiger charge is -2.17. The zero-order chi connectivity index (χ0) is 11.1. The molecule has 0 N–H and O–H groups in total. The molecule has 0 heterocycles. The zero-order valence-corrected chi connectivity index (χ0v) is 9.76. The molecule has 0 fully saturated rings. The van der Waals surface area contributed by atoms with E-state index in [0.29, 0.717) is 12.2 Å². The average molecular weight is 202 g/mol. The molecule has 1 aromatic rings. The number of aryl methyl sites for hydroxylation is 1. The third-order valence-electron chi connectivity index (χ3n) is 3.25. The summed E-state index contributed by atoms with van der Waals surface area (Å²) in [6.45, 7) is 6.46. The van der Waals surface area contributed by atoms with Gasteiger partial charge >= 0.3 is 0 Å². The van der Waals surface area contributed by atoms with Gasteiger partial charge in [-0.2, -0.15) is 0 Å². The summed E-state index contributed by atoms with van der Waals surface area (Å²) in [5.41, 5.74) is 3.53. The second-order valence-corrected chi connectivity index (χ2v) is 5.11. The van der Waals surface area contributed by atoms with E-state index in [1.807, 2.05) is 0 Å². The van der Waals surface area contributed by atoms with Crippen LogP contribution < -0.4 is 0 Å². The van der Waals surface area contributed by atoms with Crippen LogP contribution in [-0.4, -0.2) is 5.78 Å². The number of fused-ring (bicyclic) bond motifs is 1. The molecule has 80 valence electrons. The monoisotopic (exact) mass is 202 g/mol. The van der Waals surface area contributed by atoms with E-state index in [2.05, 4.69) is 39.0 Å². The van der Waals surface area contributed by atoms with Crippen molar-refractivity contribution in [2.45, 2.75) is 45.4 Å². The Morgan fingerprint density at radius 1 is 1.33 bits per heavy atom. The molecule has 0 atom stereocenters. The summed E-state index contributed by atoms with van der Waals surface area (Å²) in [6, 6.07) is 6.41. The highest BCUT2D eigenvalue weighted by molar-refractivity contribution is 6.02. The highest BCUT2D eigenvalue weighted by Crippen LogP contribution is 2.38. The molecule has 0 spiro atoms. The first kappa shape index (κ1) is 10.4. The molecule has 0 unspecified atom stereocenters. The minimum absolute atomic E-state index is 0.0389. The lowest BCUT2D eigenvalue weighted by Crippen LogP contribution is -2.12. The fraction of sp³-hybridized carbons (Fsp3) is 0.500. The van der Waals surface area contributed by atoms with Crippen molar-refractivity contribution < 1.29 is 4.79 Å². The first-order valence-corrected chi connectivity index (χ1v) is 5.71. The van der Waals surface area contributed by atoms with E-state index >= 15 is 0 Å². The summed E-state index contributed by atoms with van der Waals surface area (Å²) < 4.78 is 0. The Morgan fingerprint density at radius 3 is 2.73 bits per heavy atom. The van der Waals surface area contributed by atoms with E-state index in [1.54, 1.807) is 0 Å². The van der Waals surface area contributed by atoms with Gasteiger partial charge in [-0.05, 0) is 29.0 Å². The summed E-state index contributed by atoms with van der Waals surface area (Å²) in [4.78, 5) is 11.8. The molecule has 0 saturated heterocycles. The van der Waals surface area contributed by atoms with E-state index in [4.69, 9.17) is 0 Å². The lowest BCUT2D eigenvalue weighted by molar-refractivity contribution is 0.0979. The topological polar surface area (TPSA) is 17.1 Å². The van der Waals surface area contributed by atoms with Crippen molar-refractivity contribution in [3.05, 3.63) is 34.9 Å². The molecule has 0 radical (unpaired) electrons. The van der Waals surface area contributed by atoms with Gasteiger partial charge in [0.05, 0.1) is 0 Å². The highest BCUT2D eigenvalue weighted by Gasteiger charge is 2.35. The quantitative estimate of drug-likeness (QED) is 0.717. The van der Waals surface area contributed by atoms with Crippen molar-refractivity contribution in [1.29, 1.82) is 0 Å². The Morgan fingerprint density at radius 2 is 2.07 bits per heavy atom. The average Bonchev–Trinajstić information content (AvgIpc) is 2.38. The molecule has 2 rings (SSSR count). The van der Waals surface area contributed by atoms with Crippen LogP contribution in [0.4, 0.5) is 0 Å². The van der Waals surface area contributed by atoms with E-state index in [1.165, 1.54) is 11.1 Å². The van der Waals surface area contributed by atoms with Crippen molar-refractivity contribution in [3.8, 4) is 0 Å². The smallest absolute Gasteiger partial charge is 0.164 e. The molecular formula is C14H18O.